The van der Waals surface area contributed by atoms with Gasteiger partial charge in [0.2, 0.25) is 0 Å². The van der Waals surface area contributed by atoms with E-state index in [9.17, 15) is 14.9 Å². The summed E-state index contributed by atoms with van der Waals surface area (Å²) < 4.78 is 0.429. The topological polar surface area (TPSA) is 84.3 Å². The molecule has 0 spiro atoms. The van der Waals surface area contributed by atoms with Crippen LogP contribution in [0.4, 0.5) is 5.69 Å². The van der Waals surface area contributed by atoms with Crippen molar-refractivity contribution >= 4 is 27.5 Å². The second kappa shape index (κ2) is 6.12. The molecule has 1 aliphatic heterocycles. The van der Waals surface area contributed by atoms with Crippen LogP contribution in [0.2, 0.25) is 0 Å². The van der Waals surface area contributed by atoms with Gasteiger partial charge in [0.15, 0.2) is 0 Å². The molecule has 1 atom stereocenters. The number of nitro benzene ring substituents is 1. The van der Waals surface area contributed by atoms with Gasteiger partial charge in [0.25, 0.3) is 11.6 Å². The number of hydrogen-bond donors (Lipinski definition) is 2. The first-order chi connectivity index (χ1) is 9.08. The summed E-state index contributed by atoms with van der Waals surface area (Å²) in [5.41, 5.74) is 0.365. The lowest BCUT2D eigenvalue weighted by Crippen LogP contribution is -2.37. The minimum absolute atomic E-state index is 0.0408. The van der Waals surface area contributed by atoms with E-state index in [1.54, 1.807) is 0 Å². The van der Waals surface area contributed by atoms with Crippen LogP contribution in [0.3, 0.4) is 0 Å². The van der Waals surface area contributed by atoms with Crippen molar-refractivity contribution in [2.24, 2.45) is 0 Å². The third kappa shape index (κ3) is 3.51. The molecule has 1 aliphatic rings. The van der Waals surface area contributed by atoms with Crippen molar-refractivity contribution in [2.45, 2.75) is 18.9 Å². The van der Waals surface area contributed by atoms with E-state index in [4.69, 9.17) is 0 Å². The van der Waals surface area contributed by atoms with Crippen LogP contribution in [-0.4, -0.2) is 30.0 Å². The maximum atomic E-state index is 12.0. The fourth-order valence-corrected chi connectivity index (χ4v) is 2.59. The molecule has 1 fully saturated rings. The van der Waals surface area contributed by atoms with Crippen molar-refractivity contribution < 1.29 is 9.72 Å². The van der Waals surface area contributed by atoms with E-state index in [-0.39, 0.29) is 11.6 Å². The Morgan fingerprint density at radius 1 is 1.58 bits per heavy atom. The Morgan fingerprint density at radius 2 is 2.37 bits per heavy atom. The normalized spacial score (nSPS) is 18.3. The number of nitrogens with one attached hydrogen (secondary N) is 2. The molecule has 0 saturated carbocycles. The van der Waals surface area contributed by atoms with Crippen LogP contribution in [-0.2, 0) is 0 Å². The maximum absolute atomic E-state index is 12.0. The van der Waals surface area contributed by atoms with Gasteiger partial charge in [-0.25, -0.2) is 0 Å². The first-order valence-corrected chi connectivity index (χ1v) is 6.83. The molecule has 102 valence electrons. The average molecular weight is 328 g/mol. The van der Waals surface area contributed by atoms with Gasteiger partial charge in [-0.15, -0.1) is 0 Å². The van der Waals surface area contributed by atoms with Crippen molar-refractivity contribution in [3.8, 4) is 0 Å². The monoisotopic (exact) mass is 327 g/mol. The minimum atomic E-state index is -0.491. The van der Waals surface area contributed by atoms with Gasteiger partial charge in [-0.3, -0.25) is 14.9 Å². The smallest absolute Gasteiger partial charge is 0.270 e. The molecule has 0 aliphatic carbocycles. The van der Waals surface area contributed by atoms with Gasteiger partial charge in [-0.1, -0.05) is 0 Å². The zero-order valence-electron chi connectivity index (χ0n) is 10.2. The lowest BCUT2D eigenvalue weighted by atomic mass is 10.2. The number of carbonyl (C=O) groups is 1. The Hall–Kier alpha value is -1.47. The third-order valence-corrected chi connectivity index (χ3v) is 3.74. The molecule has 19 heavy (non-hydrogen) atoms. The summed E-state index contributed by atoms with van der Waals surface area (Å²) in [5, 5.41) is 16.7. The Morgan fingerprint density at radius 3 is 2.95 bits per heavy atom. The van der Waals surface area contributed by atoms with E-state index in [0.29, 0.717) is 22.6 Å². The molecular formula is C12H14BrN3O3. The third-order valence-electron chi connectivity index (χ3n) is 3.08. The van der Waals surface area contributed by atoms with Crippen LogP contribution >= 0.6 is 15.9 Å². The van der Waals surface area contributed by atoms with Gasteiger partial charge in [-0.05, 0) is 41.4 Å². The highest BCUT2D eigenvalue weighted by molar-refractivity contribution is 9.10. The van der Waals surface area contributed by atoms with E-state index in [2.05, 4.69) is 26.6 Å². The van der Waals surface area contributed by atoms with E-state index in [0.717, 1.165) is 19.4 Å². The lowest BCUT2D eigenvalue weighted by molar-refractivity contribution is -0.384. The summed E-state index contributed by atoms with van der Waals surface area (Å²) in [6, 6.07) is 4.44. The second-order valence-electron chi connectivity index (χ2n) is 4.42. The molecule has 0 bridgehead atoms. The van der Waals surface area contributed by atoms with Gasteiger partial charge >= 0.3 is 0 Å². The van der Waals surface area contributed by atoms with Crippen LogP contribution in [0.1, 0.15) is 23.2 Å². The molecular weight excluding hydrogens is 314 g/mol. The molecule has 1 aromatic rings. The minimum Gasteiger partial charge on any atom is -0.350 e. The molecule has 1 amide bonds. The number of hydrogen-bond acceptors (Lipinski definition) is 4. The van der Waals surface area contributed by atoms with E-state index in [1.165, 1.54) is 18.2 Å². The standard InChI is InChI=1S/C12H14BrN3O3/c13-11-6-9(16(18)19)3-4-10(11)12(17)15-7-8-2-1-5-14-8/h3-4,6,8,14H,1-2,5,7H2,(H,15,17). The predicted molar refractivity (Wildman–Crippen MR) is 74.2 cm³/mol. The van der Waals surface area contributed by atoms with Gasteiger partial charge < -0.3 is 10.6 Å². The summed E-state index contributed by atoms with van der Waals surface area (Å²) in [4.78, 5) is 22.1. The van der Waals surface area contributed by atoms with Gasteiger partial charge in [0.05, 0.1) is 10.5 Å². The number of nitro groups is 1. The zero-order valence-corrected chi connectivity index (χ0v) is 11.8. The first-order valence-electron chi connectivity index (χ1n) is 6.03. The Bertz CT molecular complexity index is 501. The number of rotatable bonds is 4. The van der Waals surface area contributed by atoms with Gasteiger partial charge in [0.1, 0.15) is 0 Å². The largest absolute Gasteiger partial charge is 0.350 e. The van der Waals surface area contributed by atoms with Crippen molar-refractivity contribution in [1.82, 2.24) is 10.6 Å². The lowest BCUT2D eigenvalue weighted by Gasteiger charge is -2.12. The molecule has 1 aromatic carbocycles. The molecule has 0 aromatic heterocycles. The molecule has 7 heteroatoms. The van der Waals surface area contributed by atoms with E-state index < -0.39 is 4.92 Å². The Balaban J connectivity index is 2.00. The fourth-order valence-electron chi connectivity index (χ4n) is 2.04. The average Bonchev–Trinajstić information content (AvgIpc) is 2.88. The number of non-ortho nitro benzene ring substituents is 1. The molecule has 0 radical (unpaired) electrons. The van der Waals surface area contributed by atoms with Crippen LogP contribution in [0.5, 0.6) is 0 Å². The summed E-state index contributed by atoms with van der Waals surface area (Å²) in [6.45, 7) is 1.56. The molecule has 1 unspecified atom stereocenters. The molecule has 6 nitrogen and oxygen atoms in total. The van der Waals surface area contributed by atoms with Crippen molar-refractivity contribution in [3.05, 3.63) is 38.3 Å². The van der Waals surface area contributed by atoms with Crippen LogP contribution in [0.15, 0.2) is 22.7 Å². The molecule has 1 saturated heterocycles. The Labute approximate surface area is 118 Å². The highest BCUT2D eigenvalue weighted by atomic mass is 79.9. The molecule has 2 N–H and O–H groups in total. The number of carbonyl (C=O) groups excluding carboxylic acids is 1. The molecule has 1 heterocycles. The summed E-state index contributed by atoms with van der Waals surface area (Å²) in [5.74, 6) is -0.226. The maximum Gasteiger partial charge on any atom is 0.270 e. The van der Waals surface area contributed by atoms with Crippen LogP contribution in [0, 0.1) is 10.1 Å². The number of amides is 1. The summed E-state index contributed by atoms with van der Waals surface area (Å²) in [6.07, 6.45) is 2.18. The number of nitrogens with zero attached hydrogens (tertiary/aromatic N) is 1. The van der Waals surface area contributed by atoms with Crippen molar-refractivity contribution in [3.63, 3.8) is 0 Å². The highest BCUT2D eigenvalue weighted by Gasteiger charge is 2.17. The summed E-state index contributed by atoms with van der Waals surface area (Å²) in [7, 11) is 0. The van der Waals surface area contributed by atoms with E-state index >= 15 is 0 Å². The van der Waals surface area contributed by atoms with Crippen molar-refractivity contribution in [2.75, 3.05) is 13.1 Å². The van der Waals surface area contributed by atoms with Crippen LogP contribution in [0.25, 0.3) is 0 Å². The number of benzene rings is 1. The van der Waals surface area contributed by atoms with Gasteiger partial charge in [-0.2, -0.15) is 0 Å². The molecule has 2 rings (SSSR count). The van der Waals surface area contributed by atoms with E-state index in [1.807, 2.05) is 0 Å². The van der Waals surface area contributed by atoms with Crippen LogP contribution < -0.4 is 10.6 Å². The zero-order chi connectivity index (χ0) is 13.8. The Kier molecular flexibility index (Phi) is 4.49. The van der Waals surface area contributed by atoms with Gasteiger partial charge in [0, 0.05) is 29.2 Å². The first kappa shape index (κ1) is 14.0. The quantitative estimate of drug-likeness (QED) is 0.652. The fraction of sp³-hybridized carbons (Fsp3) is 0.417. The highest BCUT2D eigenvalue weighted by Crippen LogP contribution is 2.22. The van der Waals surface area contributed by atoms with Crippen molar-refractivity contribution in [1.29, 1.82) is 0 Å². The SMILES string of the molecule is O=C(NCC1CCCN1)c1ccc([N+](=O)[O-])cc1Br. The number of halogens is 1. The summed E-state index contributed by atoms with van der Waals surface area (Å²) >= 11 is 3.19. The second-order valence-corrected chi connectivity index (χ2v) is 5.28. The predicted octanol–water partition coefficient (Wildman–Crippen LogP) is 1.84.